The maximum atomic E-state index is 12.7. The highest BCUT2D eigenvalue weighted by Crippen LogP contribution is 2.24. The highest BCUT2D eigenvalue weighted by atomic mass is 16.5. The SMILES string of the molecule is CC#Cc1ccc2cc(C(=O)Oc3ccc(-c4ccc(C(=O)OC(C)C)cc4)cc3)ccc2c1. The Hall–Kier alpha value is -4.36. The molecule has 4 aromatic carbocycles. The molecule has 0 bridgehead atoms. The van der Waals surface area contributed by atoms with Gasteiger partial charge in [0.1, 0.15) is 5.75 Å². The lowest BCUT2D eigenvalue weighted by atomic mass is 10.0. The summed E-state index contributed by atoms with van der Waals surface area (Å²) < 4.78 is 10.8. The Kier molecular flexibility index (Phi) is 6.75. The number of ether oxygens (including phenoxy) is 2. The normalized spacial score (nSPS) is 10.5. The van der Waals surface area contributed by atoms with Gasteiger partial charge in [0.25, 0.3) is 0 Å². The molecule has 0 aliphatic carbocycles. The van der Waals surface area contributed by atoms with Gasteiger partial charge >= 0.3 is 11.9 Å². The van der Waals surface area contributed by atoms with E-state index in [1.54, 1.807) is 37.3 Å². The molecule has 0 unspecified atom stereocenters. The van der Waals surface area contributed by atoms with Crippen LogP contribution in [-0.4, -0.2) is 18.0 Å². The van der Waals surface area contributed by atoms with Crippen molar-refractivity contribution in [3.8, 4) is 28.7 Å². The molecule has 0 aliphatic heterocycles. The Balaban J connectivity index is 1.45. The van der Waals surface area contributed by atoms with E-state index < -0.39 is 5.97 Å². The summed E-state index contributed by atoms with van der Waals surface area (Å²) in [6.45, 7) is 5.44. The molecule has 0 saturated heterocycles. The van der Waals surface area contributed by atoms with Gasteiger partial charge in [-0.3, -0.25) is 0 Å². The monoisotopic (exact) mass is 448 g/mol. The van der Waals surface area contributed by atoms with Crippen LogP contribution in [0.25, 0.3) is 21.9 Å². The summed E-state index contributed by atoms with van der Waals surface area (Å²) in [6, 6.07) is 25.8. The van der Waals surface area contributed by atoms with Crippen molar-refractivity contribution in [2.24, 2.45) is 0 Å². The van der Waals surface area contributed by atoms with Crippen LogP contribution < -0.4 is 4.74 Å². The largest absolute Gasteiger partial charge is 0.459 e. The second kappa shape index (κ2) is 10.1. The Labute approximate surface area is 199 Å². The van der Waals surface area contributed by atoms with Crippen molar-refractivity contribution in [2.75, 3.05) is 0 Å². The van der Waals surface area contributed by atoms with Crippen LogP contribution in [0.2, 0.25) is 0 Å². The number of carbonyl (C=O) groups is 2. The van der Waals surface area contributed by atoms with Gasteiger partial charge < -0.3 is 9.47 Å². The number of hydrogen-bond donors (Lipinski definition) is 0. The summed E-state index contributed by atoms with van der Waals surface area (Å²) >= 11 is 0. The summed E-state index contributed by atoms with van der Waals surface area (Å²) in [7, 11) is 0. The minimum atomic E-state index is -0.417. The summed E-state index contributed by atoms with van der Waals surface area (Å²) in [6.07, 6.45) is -0.162. The van der Waals surface area contributed by atoms with Crippen molar-refractivity contribution in [3.63, 3.8) is 0 Å². The van der Waals surface area contributed by atoms with Crippen LogP contribution in [-0.2, 0) is 4.74 Å². The molecular formula is C30H24O4. The lowest BCUT2D eigenvalue weighted by Crippen LogP contribution is -2.11. The van der Waals surface area contributed by atoms with Crippen LogP contribution in [0.4, 0.5) is 0 Å². The lowest BCUT2D eigenvalue weighted by molar-refractivity contribution is 0.0377. The second-order valence-electron chi connectivity index (χ2n) is 8.10. The maximum Gasteiger partial charge on any atom is 0.343 e. The fraction of sp³-hybridized carbons (Fsp3) is 0.133. The highest BCUT2D eigenvalue weighted by Gasteiger charge is 2.11. The van der Waals surface area contributed by atoms with Crippen LogP contribution in [0.3, 0.4) is 0 Å². The van der Waals surface area contributed by atoms with Crippen molar-refractivity contribution in [1.82, 2.24) is 0 Å². The van der Waals surface area contributed by atoms with Gasteiger partial charge in [-0.15, -0.1) is 5.92 Å². The first-order valence-electron chi connectivity index (χ1n) is 11.0. The summed E-state index contributed by atoms with van der Waals surface area (Å²) in [5.74, 6) is 5.63. The standard InChI is InChI=1S/C30H24O4/c1-4-5-21-6-7-26-19-27(13-12-25(26)18-21)30(32)34-28-16-14-23(15-17-28)22-8-10-24(11-9-22)29(31)33-20(2)3/h6-20H,1-3H3. The lowest BCUT2D eigenvalue weighted by Gasteiger charge is -2.09. The van der Waals surface area contributed by atoms with E-state index in [0.717, 1.165) is 27.5 Å². The molecule has 0 aliphatic rings. The molecular weight excluding hydrogens is 424 g/mol. The number of fused-ring (bicyclic) bond motifs is 1. The van der Waals surface area contributed by atoms with Crippen molar-refractivity contribution < 1.29 is 19.1 Å². The van der Waals surface area contributed by atoms with Gasteiger partial charge in [-0.1, -0.05) is 42.3 Å². The number of esters is 2. The van der Waals surface area contributed by atoms with Gasteiger partial charge in [-0.2, -0.15) is 0 Å². The molecule has 0 N–H and O–H groups in total. The topological polar surface area (TPSA) is 52.6 Å². The molecule has 34 heavy (non-hydrogen) atoms. The van der Waals surface area contributed by atoms with Crippen LogP contribution in [0.5, 0.6) is 5.75 Å². The molecule has 0 amide bonds. The maximum absolute atomic E-state index is 12.7. The van der Waals surface area contributed by atoms with E-state index >= 15 is 0 Å². The molecule has 4 rings (SSSR count). The average molecular weight is 449 g/mol. The zero-order chi connectivity index (χ0) is 24.1. The van der Waals surface area contributed by atoms with E-state index in [1.165, 1.54) is 0 Å². The van der Waals surface area contributed by atoms with Gasteiger partial charge in [-0.05, 0) is 91.2 Å². The Morgan fingerprint density at radius 2 is 1.29 bits per heavy atom. The van der Waals surface area contributed by atoms with E-state index in [0.29, 0.717) is 16.9 Å². The number of benzene rings is 4. The van der Waals surface area contributed by atoms with Crippen molar-refractivity contribution in [3.05, 3.63) is 102 Å². The van der Waals surface area contributed by atoms with Crippen molar-refractivity contribution in [1.29, 1.82) is 0 Å². The van der Waals surface area contributed by atoms with Gasteiger partial charge in [0, 0.05) is 5.56 Å². The molecule has 0 aromatic heterocycles. The Morgan fingerprint density at radius 3 is 1.94 bits per heavy atom. The molecule has 168 valence electrons. The van der Waals surface area contributed by atoms with E-state index in [4.69, 9.17) is 9.47 Å². The predicted molar refractivity (Wildman–Crippen MR) is 134 cm³/mol. The van der Waals surface area contributed by atoms with Gasteiger partial charge in [0.2, 0.25) is 0 Å². The fourth-order valence-corrected chi connectivity index (χ4v) is 3.56. The molecule has 0 saturated carbocycles. The summed E-state index contributed by atoms with van der Waals surface area (Å²) in [5, 5.41) is 1.97. The first-order chi connectivity index (χ1) is 16.4. The molecule has 4 aromatic rings. The van der Waals surface area contributed by atoms with Gasteiger partial charge in [0.05, 0.1) is 17.2 Å². The molecule has 0 atom stereocenters. The Morgan fingerprint density at radius 1 is 0.706 bits per heavy atom. The third-order valence-corrected chi connectivity index (χ3v) is 5.21. The first kappa shape index (κ1) is 22.8. The summed E-state index contributed by atoms with van der Waals surface area (Å²) in [4.78, 5) is 24.7. The molecule has 4 nitrogen and oxygen atoms in total. The van der Waals surface area contributed by atoms with E-state index in [9.17, 15) is 9.59 Å². The average Bonchev–Trinajstić information content (AvgIpc) is 2.84. The summed E-state index contributed by atoms with van der Waals surface area (Å²) in [5.41, 5.74) is 3.82. The van der Waals surface area contributed by atoms with Crippen LogP contribution in [0.1, 0.15) is 47.1 Å². The van der Waals surface area contributed by atoms with Gasteiger partial charge in [-0.25, -0.2) is 9.59 Å². The van der Waals surface area contributed by atoms with Crippen molar-refractivity contribution in [2.45, 2.75) is 26.9 Å². The third-order valence-electron chi connectivity index (χ3n) is 5.21. The van der Waals surface area contributed by atoms with E-state index in [-0.39, 0.29) is 12.1 Å². The minimum Gasteiger partial charge on any atom is -0.459 e. The van der Waals surface area contributed by atoms with Crippen LogP contribution in [0.15, 0.2) is 84.9 Å². The quantitative estimate of drug-likeness (QED) is 0.195. The van der Waals surface area contributed by atoms with Crippen LogP contribution in [0, 0.1) is 11.8 Å². The molecule has 0 fully saturated rings. The zero-order valence-corrected chi connectivity index (χ0v) is 19.3. The van der Waals surface area contributed by atoms with Gasteiger partial charge in [0.15, 0.2) is 0 Å². The van der Waals surface area contributed by atoms with Crippen molar-refractivity contribution >= 4 is 22.7 Å². The highest BCUT2D eigenvalue weighted by molar-refractivity contribution is 5.96. The predicted octanol–water partition coefficient (Wildman–Crippen LogP) is 6.66. The third kappa shape index (κ3) is 5.33. The molecule has 0 heterocycles. The Bertz CT molecular complexity index is 1400. The number of carbonyl (C=O) groups excluding carboxylic acids is 2. The zero-order valence-electron chi connectivity index (χ0n) is 19.3. The molecule has 0 spiro atoms. The van der Waals surface area contributed by atoms with Crippen LogP contribution >= 0.6 is 0 Å². The molecule has 4 heteroatoms. The fourth-order valence-electron chi connectivity index (χ4n) is 3.56. The number of hydrogen-bond acceptors (Lipinski definition) is 4. The van der Waals surface area contributed by atoms with E-state index in [2.05, 4.69) is 11.8 Å². The second-order valence-corrected chi connectivity index (χ2v) is 8.10. The smallest absolute Gasteiger partial charge is 0.343 e. The molecule has 0 radical (unpaired) electrons. The first-order valence-corrected chi connectivity index (χ1v) is 11.0. The van der Waals surface area contributed by atoms with E-state index in [1.807, 2.05) is 68.4 Å². The number of rotatable bonds is 5. The minimum absolute atomic E-state index is 0.162.